The molecule has 1 aromatic heterocycles. The van der Waals surface area contributed by atoms with E-state index in [4.69, 9.17) is 0 Å². The lowest BCUT2D eigenvalue weighted by Gasteiger charge is -2.03. The van der Waals surface area contributed by atoms with E-state index in [9.17, 15) is 4.79 Å². The van der Waals surface area contributed by atoms with E-state index < -0.39 is 0 Å². The van der Waals surface area contributed by atoms with Crippen LogP contribution < -0.4 is 0 Å². The Morgan fingerprint density at radius 2 is 1.50 bits per heavy atom. The van der Waals surface area contributed by atoms with Crippen molar-refractivity contribution in [2.75, 3.05) is 0 Å². The van der Waals surface area contributed by atoms with E-state index in [1.165, 1.54) is 5.56 Å². The van der Waals surface area contributed by atoms with Crippen LogP contribution in [0.5, 0.6) is 0 Å². The Labute approximate surface area is 134 Å². The topological polar surface area (TPSA) is 30.0 Å². The lowest BCUT2D eigenvalue weighted by molar-refractivity contribution is 0.103. The van der Waals surface area contributed by atoms with Gasteiger partial charge in [0.15, 0.2) is 5.78 Å². The fraction of sp³-hybridized carbons (Fsp3) is 0.0526. The monoisotopic (exact) mass is 305 g/mol. The first-order valence-electron chi connectivity index (χ1n) is 7.05. The maximum absolute atomic E-state index is 12.3. The number of thioether (sulfide) groups is 1. The van der Waals surface area contributed by atoms with E-state index in [2.05, 4.69) is 17.1 Å². The zero-order valence-electron chi connectivity index (χ0n) is 12.0. The molecule has 0 N–H and O–H groups in total. The Bertz CT molecular complexity index is 739. The molecule has 2 aromatic carbocycles. The Balaban J connectivity index is 1.67. The molecule has 22 heavy (non-hydrogen) atoms. The normalized spacial score (nSPS) is 10.4. The van der Waals surface area contributed by atoms with Crippen molar-refractivity contribution in [3.05, 3.63) is 95.7 Å². The summed E-state index contributed by atoms with van der Waals surface area (Å²) in [5.41, 5.74) is 2.57. The average Bonchev–Trinajstić information content (AvgIpc) is 2.61. The molecule has 0 bridgehead atoms. The fourth-order valence-corrected chi connectivity index (χ4v) is 2.89. The number of aromatic nitrogens is 1. The quantitative estimate of drug-likeness (QED) is 0.509. The van der Waals surface area contributed by atoms with E-state index in [0.29, 0.717) is 11.1 Å². The number of rotatable bonds is 5. The molecule has 0 saturated heterocycles. The molecule has 0 aliphatic rings. The molecule has 0 radical (unpaired) electrons. The third-order valence-corrected chi connectivity index (χ3v) is 4.28. The minimum absolute atomic E-state index is 0.00714. The number of carbonyl (C=O) groups excluding carboxylic acids is 1. The first-order valence-corrected chi connectivity index (χ1v) is 8.04. The summed E-state index contributed by atoms with van der Waals surface area (Å²) < 4.78 is 0. The third kappa shape index (κ3) is 3.62. The summed E-state index contributed by atoms with van der Waals surface area (Å²) in [6.45, 7) is 0. The van der Waals surface area contributed by atoms with Gasteiger partial charge in [-0.3, -0.25) is 4.79 Å². The van der Waals surface area contributed by atoms with Crippen LogP contribution in [0.3, 0.4) is 0 Å². The van der Waals surface area contributed by atoms with Gasteiger partial charge in [0.25, 0.3) is 0 Å². The number of nitrogens with zero attached hydrogens (tertiary/aromatic N) is 1. The molecular weight excluding hydrogens is 290 g/mol. The summed E-state index contributed by atoms with van der Waals surface area (Å²) in [5.74, 6) is 0.882. The van der Waals surface area contributed by atoms with Gasteiger partial charge in [0.05, 0.1) is 5.03 Å². The molecule has 0 amide bonds. The van der Waals surface area contributed by atoms with E-state index in [0.717, 1.165) is 10.8 Å². The predicted molar refractivity (Wildman–Crippen MR) is 90.1 cm³/mol. The van der Waals surface area contributed by atoms with Gasteiger partial charge in [-0.15, -0.1) is 11.8 Å². The number of benzene rings is 2. The molecular formula is C19H15NOS. The van der Waals surface area contributed by atoms with Crippen molar-refractivity contribution in [3.8, 4) is 0 Å². The minimum atomic E-state index is 0.00714. The molecule has 0 atom stereocenters. The zero-order chi connectivity index (χ0) is 15.2. The molecule has 0 aliphatic heterocycles. The largest absolute Gasteiger partial charge is 0.289 e. The maximum atomic E-state index is 12.3. The highest BCUT2D eigenvalue weighted by Gasteiger charge is 2.08. The summed E-state index contributed by atoms with van der Waals surface area (Å²) >= 11 is 1.67. The van der Waals surface area contributed by atoms with Gasteiger partial charge in [-0.2, -0.15) is 0 Å². The molecule has 3 heteroatoms. The summed E-state index contributed by atoms with van der Waals surface area (Å²) in [7, 11) is 0. The van der Waals surface area contributed by atoms with Gasteiger partial charge < -0.3 is 0 Å². The van der Waals surface area contributed by atoms with Gasteiger partial charge in [-0.25, -0.2) is 4.98 Å². The highest BCUT2D eigenvalue weighted by Crippen LogP contribution is 2.21. The number of hydrogen-bond donors (Lipinski definition) is 0. The molecule has 0 unspecified atom stereocenters. The van der Waals surface area contributed by atoms with Crippen molar-refractivity contribution < 1.29 is 4.79 Å². The van der Waals surface area contributed by atoms with E-state index in [-0.39, 0.29) is 5.78 Å². The smallest absolute Gasteiger partial charge is 0.194 e. The van der Waals surface area contributed by atoms with Crippen molar-refractivity contribution in [2.24, 2.45) is 0 Å². The number of ketones is 1. The van der Waals surface area contributed by atoms with Crippen LogP contribution in [-0.2, 0) is 5.75 Å². The second-order valence-corrected chi connectivity index (χ2v) is 5.85. The molecule has 3 aromatic rings. The van der Waals surface area contributed by atoms with Crippen molar-refractivity contribution in [2.45, 2.75) is 10.8 Å². The Morgan fingerprint density at radius 3 is 2.14 bits per heavy atom. The third-order valence-electron chi connectivity index (χ3n) is 3.26. The van der Waals surface area contributed by atoms with Gasteiger partial charge >= 0.3 is 0 Å². The SMILES string of the molecule is O=C(c1ccccc1)c1ccc(SCc2ccccc2)nc1. The van der Waals surface area contributed by atoms with Crippen LogP contribution >= 0.6 is 11.8 Å². The lowest BCUT2D eigenvalue weighted by Crippen LogP contribution is -2.01. The summed E-state index contributed by atoms with van der Waals surface area (Å²) in [5, 5.41) is 0.925. The van der Waals surface area contributed by atoms with E-state index in [1.807, 2.05) is 60.7 Å². The number of hydrogen-bond acceptors (Lipinski definition) is 3. The van der Waals surface area contributed by atoms with Crippen LogP contribution in [0.25, 0.3) is 0 Å². The van der Waals surface area contributed by atoms with Crippen LogP contribution in [-0.4, -0.2) is 10.8 Å². The maximum Gasteiger partial charge on any atom is 0.194 e. The van der Waals surface area contributed by atoms with Crippen molar-refractivity contribution in [1.29, 1.82) is 0 Å². The Morgan fingerprint density at radius 1 is 0.818 bits per heavy atom. The second-order valence-electron chi connectivity index (χ2n) is 4.85. The van der Waals surface area contributed by atoms with E-state index >= 15 is 0 Å². The first kappa shape index (κ1) is 14.5. The predicted octanol–water partition coefficient (Wildman–Crippen LogP) is 4.60. The lowest BCUT2D eigenvalue weighted by atomic mass is 10.1. The minimum Gasteiger partial charge on any atom is -0.289 e. The molecule has 1 heterocycles. The highest BCUT2D eigenvalue weighted by atomic mass is 32.2. The van der Waals surface area contributed by atoms with Crippen LogP contribution in [0.1, 0.15) is 21.5 Å². The van der Waals surface area contributed by atoms with Gasteiger partial charge in [0, 0.05) is 23.1 Å². The van der Waals surface area contributed by atoms with Crippen molar-refractivity contribution >= 4 is 17.5 Å². The summed E-state index contributed by atoms with van der Waals surface area (Å²) in [6.07, 6.45) is 1.66. The molecule has 2 nitrogen and oxygen atoms in total. The molecule has 0 aliphatic carbocycles. The van der Waals surface area contributed by atoms with Gasteiger partial charge in [-0.05, 0) is 17.7 Å². The molecule has 0 saturated carbocycles. The van der Waals surface area contributed by atoms with Gasteiger partial charge in [0.1, 0.15) is 0 Å². The fourth-order valence-electron chi connectivity index (χ4n) is 2.09. The molecule has 108 valence electrons. The molecule has 0 fully saturated rings. The zero-order valence-corrected chi connectivity index (χ0v) is 12.8. The van der Waals surface area contributed by atoms with Crippen LogP contribution in [0.2, 0.25) is 0 Å². The van der Waals surface area contributed by atoms with Gasteiger partial charge in [0.2, 0.25) is 0 Å². The van der Waals surface area contributed by atoms with Gasteiger partial charge in [-0.1, -0.05) is 60.7 Å². The van der Waals surface area contributed by atoms with Crippen LogP contribution in [0.15, 0.2) is 84.0 Å². The number of pyridine rings is 1. The Kier molecular flexibility index (Phi) is 4.66. The second kappa shape index (κ2) is 7.05. The molecule has 0 spiro atoms. The van der Waals surface area contributed by atoms with Crippen LogP contribution in [0, 0.1) is 0 Å². The van der Waals surface area contributed by atoms with Crippen molar-refractivity contribution in [1.82, 2.24) is 4.98 Å². The summed E-state index contributed by atoms with van der Waals surface area (Å²) in [6, 6.07) is 23.3. The Hall–Kier alpha value is -2.39. The summed E-state index contributed by atoms with van der Waals surface area (Å²) in [4.78, 5) is 16.7. The van der Waals surface area contributed by atoms with Crippen molar-refractivity contribution in [3.63, 3.8) is 0 Å². The van der Waals surface area contributed by atoms with Crippen LogP contribution in [0.4, 0.5) is 0 Å². The first-order chi connectivity index (χ1) is 10.8. The standard InChI is InChI=1S/C19H15NOS/c21-19(16-9-5-2-6-10-16)17-11-12-18(20-13-17)22-14-15-7-3-1-4-8-15/h1-13H,14H2. The molecule has 3 rings (SSSR count). The average molecular weight is 305 g/mol. The highest BCUT2D eigenvalue weighted by molar-refractivity contribution is 7.98. The number of carbonyl (C=O) groups is 1. The van der Waals surface area contributed by atoms with E-state index in [1.54, 1.807) is 18.0 Å².